The van der Waals surface area contributed by atoms with E-state index in [-0.39, 0.29) is 18.3 Å². The van der Waals surface area contributed by atoms with Gasteiger partial charge in [0.1, 0.15) is 6.61 Å². The summed E-state index contributed by atoms with van der Waals surface area (Å²) >= 11 is 0. The average molecular weight is 450 g/mol. The van der Waals surface area contributed by atoms with Crippen LogP contribution >= 0.6 is 0 Å². The number of nitrogens with zero attached hydrogens (tertiary/aromatic N) is 5. The van der Waals surface area contributed by atoms with E-state index in [0.29, 0.717) is 29.8 Å². The van der Waals surface area contributed by atoms with Gasteiger partial charge in [0.05, 0.1) is 38.7 Å². The number of hydrogen-bond acceptors (Lipinski definition) is 9. The molecule has 0 spiro atoms. The third kappa shape index (κ3) is 5.26. The maximum absolute atomic E-state index is 12.7. The number of oxazole rings is 1. The molecule has 33 heavy (non-hydrogen) atoms. The van der Waals surface area contributed by atoms with E-state index in [2.05, 4.69) is 25.4 Å². The Bertz CT molecular complexity index is 1230. The van der Waals surface area contributed by atoms with Crippen LogP contribution in [0, 0.1) is 6.92 Å². The first kappa shape index (κ1) is 21.8. The van der Waals surface area contributed by atoms with Crippen molar-refractivity contribution in [2.75, 3.05) is 26.1 Å². The standard InChI is InChI=1S/C22H22N6O5/c1-14-5-4-6-15(9-14)20-19(23-13-33-20)21(29)25-16-11-24-28(12-16)7-8-32-22-26-17(30-2)10-18(27-22)31-3/h4-6,9-13H,7-8H2,1-3H3,(H,25,29). The van der Waals surface area contributed by atoms with Crippen molar-refractivity contribution in [2.45, 2.75) is 13.5 Å². The molecule has 1 aromatic carbocycles. The molecule has 0 aliphatic carbocycles. The maximum atomic E-state index is 12.7. The number of carbonyl (C=O) groups excluding carboxylic acids is 1. The van der Waals surface area contributed by atoms with E-state index in [0.717, 1.165) is 11.1 Å². The van der Waals surface area contributed by atoms with Gasteiger partial charge in [-0.3, -0.25) is 9.48 Å². The molecule has 1 amide bonds. The molecule has 11 heteroatoms. The monoisotopic (exact) mass is 450 g/mol. The number of aryl methyl sites for hydroxylation is 1. The summed E-state index contributed by atoms with van der Waals surface area (Å²) in [6.07, 6.45) is 4.47. The molecule has 0 saturated heterocycles. The van der Waals surface area contributed by atoms with Crippen LogP contribution in [0.3, 0.4) is 0 Å². The number of rotatable bonds is 9. The third-order valence-corrected chi connectivity index (χ3v) is 4.58. The number of benzene rings is 1. The van der Waals surface area contributed by atoms with E-state index >= 15 is 0 Å². The number of aromatic nitrogens is 5. The van der Waals surface area contributed by atoms with Crippen LogP contribution < -0.4 is 19.5 Å². The topological polar surface area (TPSA) is 126 Å². The number of hydrogen-bond donors (Lipinski definition) is 1. The van der Waals surface area contributed by atoms with E-state index in [1.54, 1.807) is 16.9 Å². The van der Waals surface area contributed by atoms with Crippen molar-refractivity contribution in [3.63, 3.8) is 0 Å². The Hall–Kier alpha value is -4.41. The summed E-state index contributed by atoms with van der Waals surface area (Å²) in [7, 11) is 2.99. The van der Waals surface area contributed by atoms with Gasteiger partial charge in [0.25, 0.3) is 5.91 Å². The van der Waals surface area contributed by atoms with Crippen LogP contribution in [0.15, 0.2) is 53.5 Å². The molecule has 0 aliphatic rings. The fourth-order valence-corrected chi connectivity index (χ4v) is 3.03. The van der Waals surface area contributed by atoms with Gasteiger partial charge in [-0.2, -0.15) is 15.1 Å². The van der Waals surface area contributed by atoms with Crippen molar-refractivity contribution < 1.29 is 23.4 Å². The van der Waals surface area contributed by atoms with E-state index in [4.69, 9.17) is 18.6 Å². The minimum absolute atomic E-state index is 0.126. The highest BCUT2D eigenvalue weighted by Gasteiger charge is 2.19. The second-order valence-corrected chi connectivity index (χ2v) is 6.93. The summed E-state index contributed by atoms with van der Waals surface area (Å²) in [6, 6.07) is 9.33. The molecule has 4 aromatic rings. The average Bonchev–Trinajstić information content (AvgIpc) is 3.48. The molecule has 4 rings (SSSR count). The van der Waals surface area contributed by atoms with Crippen LogP contribution in [0.25, 0.3) is 11.3 Å². The SMILES string of the molecule is COc1cc(OC)nc(OCCn2cc(NC(=O)c3ncoc3-c3cccc(C)c3)cn2)n1. The summed E-state index contributed by atoms with van der Waals surface area (Å²) < 4.78 is 22.8. The fraction of sp³-hybridized carbons (Fsp3) is 0.227. The van der Waals surface area contributed by atoms with Gasteiger partial charge in [-0.1, -0.05) is 23.8 Å². The predicted molar refractivity (Wildman–Crippen MR) is 117 cm³/mol. The van der Waals surface area contributed by atoms with Crippen molar-refractivity contribution in [2.24, 2.45) is 0 Å². The van der Waals surface area contributed by atoms with E-state index in [1.807, 2.05) is 31.2 Å². The second-order valence-electron chi connectivity index (χ2n) is 6.93. The Balaban J connectivity index is 1.36. The number of anilines is 1. The molecule has 0 fully saturated rings. The highest BCUT2D eigenvalue weighted by atomic mass is 16.5. The lowest BCUT2D eigenvalue weighted by Gasteiger charge is -2.07. The Labute approximate surface area is 189 Å². The molecular weight excluding hydrogens is 428 g/mol. The van der Waals surface area contributed by atoms with Crippen LogP contribution in [-0.4, -0.2) is 51.5 Å². The molecule has 3 aromatic heterocycles. The summed E-state index contributed by atoms with van der Waals surface area (Å²) in [5.74, 6) is 0.677. The van der Waals surface area contributed by atoms with Crippen LogP contribution in [0.1, 0.15) is 16.1 Å². The van der Waals surface area contributed by atoms with Gasteiger partial charge >= 0.3 is 6.01 Å². The second kappa shape index (κ2) is 9.81. The van der Waals surface area contributed by atoms with Crippen LogP contribution in [0.5, 0.6) is 17.8 Å². The number of carbonyl (C=O) groups is 1. The Morgan fingerprint density at radius 2 is 1.94 bits per heavy atom. The minimum atomic E-state index is -0.395. The van der Waals surface area contributed by atoms with Gasteiger partial charge in [0, 0.05) is 11.8 Å². The molecule has 11 nitrogen and oxygen atoms in total. The molecule has 0 aliphatic heterocycles. The maximum Gasteiger partial charge on any atom is 0.323 e. The third-order valence-electron chi connectivity index (χ3n) is 4.58. The number of ether oxygens (including phenoxy) is 3. The Morgan fingerprint density at radius 1 is 1.15 bits per heavy atom. The fourth-order valence-electron chi connectivity index (χ4n) is 3.03. The molecule has 0 saturated carbocycles. The molecule has 170 valence electrons. The number of nitrogens with one attached hydrogen (secondary N) is 1. The molecule has 0 atom stereocenters. The van der Waals surface area contributed by atoms with Crippen LogP contribution in [-0.2, 0) is 6.54 Å². The molecule has 0 bridgehead atoms. The summed E-state index contributed by atoms with van der Waals surface area (Å²) in [6.45, 7) is 2.61. The Kier molecular flexibility index (Phi) is 6.48. The van der Waals surface area contributed by atoms with E-state index < -0.39 is 5.91 Å². The summed E-state index contributed by atoms with van der Waals surface area (Å²) in [4.78, 5) is 25.0. The van der Waals surface area contributed by atoms with Crippen LogP contribution in [0.2, 0.25) is 0 Å². The number of methoxy groups -OCH3 is 2. The zero-order valence-electron chi connectivity index (χ0n) is 18.3. The lowest BCUT2D eigenvalue weighted by molar-refractivity contribution is 0.102. The Morgan fingerprint density at radius 3 is 2.67 bits per heavy atom. The highest BCUT2D eigenvalue weighted by Crippen LogP contribution is 2.25. The van der Waals surface area contributed by atoms with Gasteiger partial charge in [0.2, 0.25) is 11.8 Å². The quantitative estimate of drug-likeness (QED) is 0.409. The predicted octanol–water partition coefficient (Wildman–Crippen LogP) is 2.99. The molecule has 0 radical (unpaired) electrons. The van der Waals surface area contributed by atoms with E-state index in [9.17, 15) is 4.79 Å². The minimum Gasteiger partial charge on any atom is -0.481 e. The molecular formula is C22H22N6O5. The molecule has 1 N–H and O–H groups in total. The smallest absolute Gasteiger partial charge is 0.323 e. The van der Waals surface area contributed by atoms with Crippen LogP contribution in [0.4, 0.5) is 5.69 Å². The first-order valence-corrected chi connectivity index (χ1v) is 10.00. The van der Waals surface area contributed by atoms with Crippen molar-refractivity contribution >= 4 is 11.6 Å². The first-order valence-electron chi connectivity index (χ1n) is 10.00. The van der Waals surface area contributed by atoms with Crippen molar-refractivity contribution in [1.29, 1.82) is 0 Å². The van der Waals surface area contributed by atoms with Crippen molar-refractivity contribution in [1.82, 2.24) is 24.7 Å². The van der Waals surface area contributed by atoms with E-state index in [1.165, 1.54) is 26.8 Å². The van der Waals surface area contributed by atoms with Gasteiger partial charge in [-0.05, 0) is 13.0 Å². The number of amides is 1. The van der Waals surface area contributed by atoms with Gasteiger partial charge in [0.15, 0.2) is 17.8 Å². The lowest BCUT2D eigenvalue weighted by atomic mass is 10.1. The largest absolute Gasteiger partial charge is 0.481 e. The zero-order chi connectivity index (χ0) is 23.2. The molecule has 3 heterocycles. The highest BCUT2D eigenvalue weighted by molar-refractivity contribution is 6.06. The first-order chi connectivity index (χ1) is 16.1. The van der Waals surface area contributed by atoms with Crippen molar-refractivity contribution in [3.05, 3.63) is 60.4 Å². The van der Waals surface area contributed by atoms with Gasteiger partial charge in [-0.15, -0.1) is 0 Å². The van der Waals surface area contributed by atoms with Crippen molar-refractivity contribution in [3.8, 4) is 29.1 Å². The molecule has 0 unspecified atom stereocenters. The summed E-state index contributed by atoms with van der Waals surface area (Å²) in [5, 5.41) is 7.01. The summed E-state index contributed by atoms with van der Waals surface area (Å²) in [5.41, 5.74) is 2.54. The normalized spacial score (nSPS) is 10.6. The lowest BCUT2D eigenvalue weighted by Crippen LogP contribution is -2.13. The van der Waals surface area contributed by atoms with Gasteiger partial charge in [-0.25, -0.2) is 4.98 Å². The van der Waals surface area contributed by atoms with Gasteiger partial charge < -0.3 is 23.9 Å². The zero-order valence-corrected chi connectivity index (χ0v) is 18.3.